The zero-order chi connectivity index (χ0) is 21.7. The minimum Gasteiger partial charge on any atom is -0.496 e. The number of nitrogens with zero attached hydrogens (tertiary/aromatic N) is 4. The summed E-state index contributed by atoms with van der Waals surface area (Å²) in [5.74, 6) is 0.802. The van der Waals surface area contributed by atoms with E-state index in [1.807, 2.05) is 24.3 Å². The summed E-state index contributed by atoms with van der Waals surface area (Å²) in [4.78, 5) is 13.9. The van der Waals surface area contributed by atoms with Crippen molar-refractivity contribution in [2.45, 2.75) is 35.7 Å². The van der Waals surface area contributed by atoms with E-state index in [-0.39, 0.29) is 27.0 Å². The Hall–Kier alpha value is -2.10. The lowest BCUT2D eigenvalue weighted by molar-refractivity contribution is -0.106. The average molecular weight is 459 g/mol. The van der Waals surface area contributed by atoms with Crippen LogP contribution in [0.25, 0.3) is 11.2 Å². The van der Waals surface area contributed by atoms with Crippen LogP contribution >= 0.6 is 20.3 Å². The molecule has 2 atom stereocenters. The second kappa shape index (κ2) is 9.80. The first kappa shape index (κ1) is 22.6. The molecule has 0 spiro atoms. The normalized spacial score (nSPS) is 13.4. The Labute approximate surface area is 177 Å². The fraction of sp³-hybridized carbons (Fsp3) is 0.389. The van der Waals surface area contributed by atoms with Gasteiger partial charge in [0.25, 0.3) is 0 Å². The molecule has 2 aromatic heterocycles. The molecule has 12 heteroatoms. The molecule has 0 radical (unpaired) electrons. The van der Waals surface area contributed by atoms with Gasteiger partial charge in [0.1, 0.15) is 16.3 Å². The number of rotatable bonds is 9. The molecule has 2 N–H and O–H groups in total. The molecule has 0 saturated heterocycles. The molecule has 0 aliphatic heterocycles. The summed E-state index contributed by atoms with van der Waals surface area (Å²) in [7, 11) is 1.26. The van der Waals surface area contributed by atoms with Gasteiger partial charge in [0.2, 0.25) is 5.95 Å². The maximum Gasteiger partial charge on any atom is 0.392 e. The summed E-state index contributed by atoms with van der Waals surface area (Å²) in [6, 6.07) is 7.52. The van der Waals surface area contributed by atoms with Crippen LogP contribution in [0.1, 0.15) is 6.92 Å². The van der Waals surface area contributed by atoms with Gasteiger partial charge in [-0.2, -0.15) is 18.2 Å². The van der Waals surface area contributed by atoms with Crippen molar-refractivity contribution in [3.63, 3.8) is 0 Å². The Kier molecular flexibility index (Phi) is 7.38. The molecular formula is C18H21F3N5O2PS. The standard InChI is InChI=1S/C18H21F3N5O2PS/c1-11(28-10-29-8-18(19,20)21)7-26-9-23-14-15(26)24-17(22)25-16(14)30-13-6-4-3-5-12(13)27-2/h3-6,9,11,29H,7-8,10H2,1-2H3,(H2,22,24,25). The fourth-order valence-corrected chi connectivity index (χ4v) is 4.44. The van der Waals surface area contributed by atoms with Crippen molar-refractivity contribution in [3.05, 3.63) is 30.6 Å². The molecule has 0 aliphatic rings. The highest BCUT2D eigenvalue weighted by molar-refractivity contribution is 7.99. The molecule has 1 aromatic carbocycles. The molecule has 7 nitrogen and oxygen atoms in total. The van der Waals surface area contributed by atoms with Crippen molar-refractivity contribution >= 4 is 37.5 Å². The van der Waals surface area contributed by atoms with Crippen LogP contribution in [-0.2, 0) is 11.3 Å². The molecular weight excluding hydrogens is 438 g/mol. The van der Waals surface area contributed by atoms with E-state index in [1.54, 1.807) is 24.9 Å². The number of fused-ring (bicyclic) bond motifs is 1. The third kappa shape index (κ3) is 5.96. The molecule has 162 valence electrons. The summed E-state index contributed by atoms with van der Waals surface area (Å²) in [5.41, 5.74) is 7.01. The van der Waals surface area contributed by atoms with Crippen molar-refractivity contribution in [2.75, 3.05) is 25.4 Å². The lowest BCUT2D eigenvalue weighted by atomic mass is 10.3. The van der Waals surface area contributed by atoms with Gasteiger partial charge in [-0.25, -0.2) is 9.97 Å². The number of benzene rings is 1. The van der Waals surface area contributed by atoms with Crippen LogP contribution in [0.5, 0.6) is 5.75 Å². The van der Waals surface area contributed by atoms with Gasteiger partial charge in [0.05, 0.1) is 43.5 Å². The highest BCUT2D eigenvalue weighted by atomic mass is 32.2. The number of hydrogen-bond donors (Lipinski definition) is 1. The first-order valence-electron chi connectivity index (χ1n) is 8.95. The molecule has 0 amide bonds. The largest absolute Gasteiger partial charge is 0.496 e. The highest BCUT2D eigenvalue weighted by Gasteiger charge is 2.26. The zero-order valence-corrected chi connectivity index (χ0v) is 18.1. The van der Waals surface area contributed by atoms with E-state index in [0.29, 0.717) is 28.5 Å². The smallest absolute Gasteiger partial charge is 0.392 e. The molecule has 0 saturated carbocycles. The van der Waals surface area contributed by atoms with Crippen LogP contribution in [0, 0.1) is 0 Å². The summed E-state index contributed by atoms with van der Waals surface area (Å²) < 4.78 is 49.4. The van der Waals surface area contributed by atoms with Gasteiger partial charge in [0.15, 0.2) is 5.65 Å². The summed E-state index contributed by atoms with van der Waals surface area (Å²) in [6.07, 6.45) is -3.65. The number of aromatic nitrogens is 4. The number of halogens is 3. The fourth-order valence-electron chi connectivity index (χ4n) is 2.67. The zero-order valence-electron chi connectivity index (χ0n) is 16.3. The van der Waals surface area contributed by atoms with E-state index in [0.717, 1.165) is 4.90 Å². The number of methoxy groups -OCH3 is 1. The number of ether oxygens (including phenoxy) is 2. The van der Waals surface area contributed by atoms with Crippen molar-refractivity contribution in [1.82, 2.24) is 19.5 Å². The Morgan fingerprint density at radius 3 is 2.77 bits per heavy atom. The van der Waals surface area contributed by atoms with Gasteiger partial charge in [-0.3, -0.25) is 0 Å². The number of nitrogens with two attached hydrogens (primary N) is 1. The van der Waals surface area contributed by atoms with Gasteiger partial charge in [0, 0.05) is 0 Å². The average Bonchev–Trinajstić information content (AvgIpc) is 3.07. The number of para-hydroxylation sites is 1. The molecule has 2 heterocycles. The molecule has 3 aromatic rings. The summed E-state index contributed by atoms with van der Waals surface area (Å²) in [6.45, 7) is 2.17. The lowest BCUT2D eigenvalue weighted by Gasteiger charge is -2.15. The van der Waals surface area contributed by atoms with E-state index in [2.05, 4.69) is 15.0 Å². The van der Waals surface area contributed by atoms with Crippen LogP contribution in [-0.4, -0.2) is 51.4 Å². The quantitative estimate of drug-likeness (QED) is 0.292. The second-order valence-corrected chi connectivity index (χ2v) is 8.55. The Bertz CT molecular complexity index is 1000. The number of alkyl halides is 3. The maximum atomic E-state index is 12.2. The van der Waals surface area contributed by atoms with Crippen LogP contribution < -0.4 is 10.5 Å². The first-order valence-corrected chi connectivity index (χ1v) is 11.2. The van der Waals surface area contributed by atoms with Crippen LogP contribution in [0.2, 0.25) is 0 Å². The molecule has 30 heavy (non-hydrogen) atoms. The van der Waals surface area contributed by atoms with Gasteiger partial charge in [-0.15, -0.1) is 0 Å². The number of anilines is 1. The third-order valence-corrected chi connectivity index (χ3v) is 6.03. The minimum absolute atomic E-state index is 0.0549. The van der Waals surface area contributed by atoms with E-state index in [1.165, 1.54) is 11.8 Å². The predicted molar refractivity (Wildman–Crippen MR) is 112 cm³/mol. The van der Waals surface area contributed by atoms with Gasteiger partial charge >= 0.3 is 6.18 Å². The van der Waals surface area contributed by atoms with Crippen molar-refractivity contribution < 1.29 is 22.6 Å². The van der Waals surface area contributed by atoms with Gasteiger partial charge in [-0.05, 0) is 19.1 Å². The number of hydrogen-bond acceptors (Lipinski definition) is 7. The van der Waals surface area contributed by atoms with Crippen molar-refractivity contribution in [3.8, 4) is 5.75 Å². The van der Waals surface area contributed by atoms with Crippen molar-refractivity contribution in [2.24, 2.45) is 0 Å². The number of imidazole rings is 1. The Balaban J connectivity index is 1.74. The van der Waals surface area contributed by atoms with E-state index in [4.69, 9.17) is 15.2 Å². The lowest BCUT2D eigenvalue weighted by Crippen LogP contribution is -2.17. The first-order chi connectivity index (χ1) is 14.3. The molecule has 2 unspecified atom stereocenters. The molecule has 0 fully saturated rings. The maximum absolute atomic E-state index is 12.2. The predicted octanol–water partition coefficient (Wildman–Crippen LogP) is 4.17. The van der Waals surface area contributed by atoms with E-state index < -0.39 is 12.3 Å². The second-order valence-electron chi connectivity index (χ2n) is 6.37. The minimum atomic E-state index is -4.16. The highest BCUT2D eigenvalue weighted by Crippen LogP contribution is 2.36. The van der Waals surface area contributed by atoms with Crippen LogP contribution in [0.15, 0.2) is 40.5 Å². The summed E-state index contributed by atoms with van der Waals surface area (Å²) >= 11 is 1.37. The van der Waals surface area contributed by atoms with Gasteiger partial charge < -0.3 is 19.8 Å². The molecule has 0 aliphatic carbocycles. The molecule has 0 bridgehead atoms. The van der Waals surface area contributed by atoms with Crippen molar-refractivity contribution in [1.29, 1.82) is 0 Å². The van der Waals surface area contributed by atoms with E-state index in [9.17, 15) is 13.2 Å². The van der Waals surface area contributed by atoms with Crippen LogP contribution in [0.3, 0.4) is 0 Å². The SMILES string of the molecule is COc1ccccc1Sc1nc(N)nc2c1ncn2CC(C)OCPCC(F)(F)F. The Morgan fingerprint density at radius 1 is 1.27 bits per heavy atom. The third-order valence-electron chi connectivity index (χ3n) is 3.97. The van der Waals surface area contributed by atoms with E-state index >= 15 is 0 Å². The van der Waals surface area contributed by atoms with Gasteiger partial charge in [-0.1, -0.05) is 32.5 Å². The molecule has 3 rings (SSSR count). The number of nitrogen functional groups attached to an aromatic ring is 1. The summed E-state index contributed by atoms with van der Waals surface area (Å²) in [5, 5.41) is 0.584. The monoisotopic (exact) mass is 459 g/mol. The topological polar surface area (TPSA) is 88.1 Å². The van der Waals surface area contributed by atoms with Crippen LogP contribution in [0.4, 0.5) is 19.1 Å². The Morgan fingerprint density at radius 2 is 2.03 bits per heavy atom.